The van der Waals surface area contributed by atoms with Crippen molar-refractivity contribution in [2.24, 2.45) is 0 Å². The molecule has 0 N–H and O–H groups in total. The lowest BCUT2D eigenvalue weighted by atomic mass is 9.99. The fraction of sp³-hybridized carbons (Fsp3) is 0.250. The number of methoxy groups -OCH3 is 1. The van der Waals surface area contributed by atoms with Crippen LogP contribution in [-0.2, 0) is 0 Å². The summed E-state index contributed by atoms with van der Waals surface area (Å²) in [4.78, 5) is -0.561. The second-order valence-corrected chi connectivity index (χ2v) is 6.66. The maximum Gasteiger partial charge on any atom is 0.131 e. The Morgan fingerprint density at radius 1 is 1.00 bits per heavy atom. The highest BCUT2D eigenvalue weighted by molar-refractivity contribution is 9.10. The summed E-state index contributed by atoms with van der Waals surface area (Å²) in [5.41, 5.74) is 2.64. The van der Waals surface area contributed by atoms with Crippen LogP contribution in [0.4, 0.5) is 8.78 Å². The van der Waals surface area contributed by atoms with Gasteiger partial charge in [0.1, 0.15) is 17.4 Å². The molecule has 112 valence electrons. The summed E-state index contributed by atoms with van der Waals surface area (Å²) in [6, 6.07) is 6.25. The molecule has 0 aliphatic carbocycles. The molecule has 2 rings (SSSR count). The molecule has 1 nitrogen and oxygen atoms in total. The fourth-order valence-electron chi connectivity index (χ4n) is 2.41. The largest absolute Gasteiger partial charge is 0.496 e. The molecular formula is C16H14Br2F2O. The van der Waals surface area contributed by atoms with Crippen molar-refractivity contribution in [1.82, 2.24) is 0 Å². The van der Waals surface area contributed by atoms with E-state index in [0.29, 0.717) is 4.47 Å². The molecule has 0 radical (unpaired) electrons. The minimum atomic E-state index is -0.588. The monoisotopic (exact) mass is 418 g/mol. The summed E-state index contributed by atoms with van der Waals surface area (Å²) >= 11 is 6.48. The molecule has 0 saturated heterocycles. The topological polar surface area (TPSA) is 9.23 Å². The van der Waals surface area contributed by atoms with Crippen molar-refractivity contribution in [3.63, 3.8) is 0 Å². The predicted octanol–water partition coefficient (Wildman–Crippen LogP) is 5.84. The second-order valence-electron chi connectivity index (χ2n) is 4.83. The third kappa shape index (κ3) is 3.29. The molecule has 0 saturated carbocycles. The van der Waals surface area contributed by atoms with E-state index in [4.69, 9.17) is 4.74 Å². The molecule has 0 spiro atoms. The van der Waals surface area contributed by atoms with Gasteiger partial charge in [0.2, 0.25) is 0 Å². The van der Waals surface area contributed by atoms with Gasteiger partial charge in [-0.15, -0.1) is 0 Å². The zero-order chi connectivity index (χ0) is 15.7. The number of hydrogen-bond donors (Lipinski definition) is 0. The van der Waals surface area contributed by atoms with Crippen LogP contribution in [0.25, 0.3) is 0 Å². The average Bonchev–Trinajstić information content (AvgIpc) is 2.36. The van der Waals surface area contributed by atoms with Crippen LogP contribution in [0.3, 0.4) is 0 Å². The quantitative estimate of drug-likeness (QED) is 0.568. The summed E-state index contributed by atoms with van der Waals surface area (Å²) < 4.78 is 33.8. The van der Waals surface area contributed by atoms with Gasteiger partial charge in [0.05, 0.1) is 11.9 Å². The molecular weight excluding hydrogens is 406 g/mol. The van der Waals surface area contributed by atoms with E-state index < -0.39 is 16.5 Å². The lowest BCUT2D eigenvalue weighted by Gasteiger charge is -2.17. The first-order valence-electron chi connectivity index (χ1n) is 6.28. The van der Waals surface area contributed by atoms with E-state index in [1.807, 2.05) is 26.0 Å². The predicted molar refractivity (Wildman–Crippen MR) is 87.3 cm³/mol. The second kappa shape index (κ2) is 6.44. The van der Waals surface area contributed by atoms with E-state index in [1.54, 1.807) is 7.11 Å². The third-order valence-electron chi connectivity index (χ3n) is 3.28. The Kier molecular flexibility index (Phi) is 5.04. The minimum Gasteiger partial charge on any atom is -0.496 e. The van der Waals surface area contributed by atoms with Gasteiger partial charge < -0.3 is 4.74 Å². The maximum atomic E-state index is 14.1. The molecule has 0 amide bonds. The van der Waals surface area contributed by atoms with E-state index in [2.05, 4.69) is 31.9 Å². The summed E-state index contributed by atoms with van der Waals surface area (Å²) in [5.74, 6) is -0.389. The number of benzene rings is 2. The lowest BCUT2D eigenvalue weighted by Crippen LogP contribution is -2.03. The Hall–Kier alpha value is -0.940. The zero-order valence-electron chi connectivity index (χ0n) is 11.8. The van der Waals surface area contributed by atoms with E-state index in [1.165, 1.54) is 12.1 Å². The summed E-state index contributed by atoms with van der Waals surface area (Å²) in [5, 5.41) is 0. The van der Waals surface area contributed by atoms with Crippen molar-refractivity contribution in [2.45, 2.75) is 18.7 Å². The Morgan fingerprint density at radius 3 is 1.90 bits per heavy atom. The van der Waals surface area contributed by atoms with E-state index >= 15 is 0 Å². The summed E-state index contributed by atoms with van der Waals surface area (Å²) in [6.07, 6.45) is 0. The first kappa shape index (κ1) is 16.4. The molecule has 1 atom stereocenters. The Bertz CT molecular complexity index is 640. The molecule has 0 aliphatic heterocycles. The van der Waals surface area contributed by atoms with Crippen LogP contribution in [0.1, 0.15) is 27.1 Å². The Labute approximate surface area is 139 Å². The maximum absolute atomic E-state index is 14.1. The third-order valence-corrected chi connectivity index (χ3v) is 4.72. The van der Waals surface area contributed by atoms with E-state index in [-0.39, 0.29) is 5.56 Å². The van der Waals surface area contributed by atoms with Crippen molar-refractivity contribution in [3.8, 4) is 5.75 Å². The van der Waals surface area contributed by atoms with Gasteiger partial charge >= 0.3 is 0 Å². The van der Waals surface area contributed by atoms with Crippen LogP contribution < -0.4 is 4.74 Å². The van der Waals surface area contributed by atoms with Crippen LogP contribution >= 0.6 is 31.9 Å². The molecule has 0 aromatic heterocycles. The Balaban J connectivity index is 2.53. The van der Waals surface area contributed by atoms with Crippen molar-refractivity contribution in [1.29, 1.82) is 0 Å². The molecule has 0 bridgehead atoms. The first-order valence-corrected chi connectivity index (χ1v) is 7.99. The fourth-order valence-corrected chi connectivity index (χ4v) is 3.52. The van der Waals surface area contributed by atoms with Crippen LogP contribution in [-0.4, -0.2) is 7.11 Å². The smallest absolute Gasteiger partial charge is 0.131 e. The van der Waals surface area contributed by atoms with Gasteiger partial charge in [-0.25, -0.2) is 8.78 Å². The van der Waals surface area contributed by atoms with E-state index in [9.17, 15) is 8.78 Å². The molecule has 5 heteroatoms. The van der Waals surface area contributed by atoms with Crippen molar-refractivity contribution < 1.29 is 13.5 Å². The number of hydrogen-bond acceptors (Lipinski definition) is 1. The average molecular weight is 420 g/mol. The lowest BCUT2D eigenvalue weighted by molar-refractivity contribution is 0.408. The van der Waals surface area contributed by atoms with Gasteiger partial charge in [0.15, 0.2) is 0 Å². The normalized spacial score (nSPS) is 12.3. The van der Waals surface area contributed by atoms with Crippen molar-refractivity contribution in [2.75, 3.05) is 7.11 Å². The molecule has 2 aromatic rings. The number of rotatable bonds is 3. The zero-order valence-corrected chi connectivity index (χ0v) is 15.0. The number of ether oxygens (including phenoxy) is 1. The van der Waals surface area contributed by atoms with E-state index in [0.717, 1.165) is 22.4 Å². The van der Waals surface area contributed by atoms with Gasteiger partial charge in [-0.3, -0.25) is 0 Å². The van der Waals surface area contributed by atoms with Crippen LogP contribution in [0, 0.1) is 25.5 Å². The summed E-state index contributed by atoms with van der Waals surface area (Å²) in [7, 11) is 1.61. The van der Waals surface area contributed by atoms with Crippen molar-refractivity contribution >= 4 is 31.9 Å². The van der Waals surface area contributed by atoms with Gasteiger partial charge in [0, 0.05) is 10.0 Å². The molecule has 2 aromatic carbocycles. The van der Waals surface area contributed by atoms with Gasteiger partial charge in [-0.2, -0.15) is 0 Å². The minimum absolute atomic E-state index is 0.00201. The SMILES string of the molecule is COc1c(C)cc(C(Br)c2c(F)cc(Br)cc2F)cc1C. The van der Waals surface area contributed by atoms with Crippen LogP contribution in [0.15, 0.2) is 28.7 Å². The first-order chi connectivity index (χ1) is 9.85. The molecule has 0 aliphatic rings. The molecule has 21 heavy (non-hydrogen) atoms. The molecule has 0 fully saturated rings. The van der Waals surface area contributed by atoms with Gasteiger partial charge in [-0.05, 0) is 42.7 Å². The number of halogens is 4. The summed E-state index contributed by atoms with van der Waals surface area (Å²) in [6.45, 7) is 3.81. The van der Waals surface area contributed by atoms with Gasteiger partial charge in [0.25, 0.3) is 0 Å². The highest BCUT2D eigenvalue weighted by Crippen LogP contribution is 2.38. The van der Waals surface area contributed by atoms with Gasteiger partial charge in [-0.1, -0.05) is 44.0 Å². The van der Waals surface area contributed by atoms with Crippen LogP contribution in [0.5, 0.6) is 5.75 Å². The highest BCUT2D eigenvalue weighted by atomic mass is 79.9. The highest BCUT2D eigenvalue weighted by Gasteiger charge is 2.21. The van der Waals surface area contributed by atoms with Crippen LogP contribution in [0.2, 0.25) is 0 Å². The molecule has 1 unspecified atom stereocenters. The number of aryl methyl sites for hydroxylation is 2. The van der Waals surface area contributed by atoms with Crippen molar-refractivity contribution in [3.05, 3.63) is 62.6 Å². The standard InChI is InChI=1S/C16H14Br2F2O/c1-8-4-10(5-9(2)16(8)21-3)15(18)14-12(19)6-11(17)7-13(14)20/h4-7,15H,1-3H3. The Morgan fingerprint density at radius 2 is 1.48 bits per heavy atom. The molecule has 0 heterocycles. The number of alkyl halides is 1.